The number of likely N-dealkylation sites (tertiary alicyclic amines) is 1. The number of para-hydroxylation sites is 1. The molecule has 154 valence electrons. The lowest BCUT2D eigenvalue weighted by atomic mass is 9.94. The van der Waals surface area contributed by atoms with E-state index in [1.807, 2.05) is 35.2 Å². The second kappa shape index (κ2) is 9.00. The van der Waals surface area contributed by atoms with Crippen LogP contribution in [0.4, 0.5) is 5.69 Å². The van der Waals surface area contributed by atoms with E-state index in [1.165, 1.54) is 11.1 Å². The lowest BCUT2D eigenvalue weighted by molar-refractivity contribution is -0.119. The molecule has 2 atom stereocenters. The summed E-state index contributed by atoms with van der Waals surface area (Å²) in [6.07, 6.45) is 4.22. The van der Waals surface area contributed by atoms with Gasteiger partial charge in [-0.25, -0.2) is 0 Å². The lowest BCUT2D eigenvalue weighted by Crippen LogP contribution is -2.42. The molecule has 0 saturated carbocycles. The van der Waals surface area contributed by atoms with E-state index in [9.17, 15) is 4.79 Å². The number of ether oxygens (including phenoxy) is 1. The number of carbonyl (C=O) groups is 1. The van der Waals surface area contributed by atoms with Crippen molar-refractivity contribution in [3.05, 3.63) is 59.7 Å². The van der Waals surface area contributed by atoms with Crippen molar-refractivity contribution in [2.75, 3.05) is 31.1 Å². The van der Waals surface area contributed by atoms with Crippen LogP contribution in [0.5, 0.6) is 5.75 Å². The van der Waals surface area contributed by atoms with Crippen LogP contribution in [0.3, 0.4) is 0 Å². The van der Waals surface area contributed by atoms with Crippen molar-refractivity contribution in [2.45, 2.75) is 51.5 Å². The van der Waals surface area contributed by atoms with Crippen LogP contribution in [0.2, 0.25) is 0 Å². The van der Waals surface area contributed by atoms with Crippen LogP contribution in [0.1, 0.15) is 50.2 Å². The zero-order valence-corrected chi connectivity index (χ0v) is 17.6. The van der Waals surface area contributed by atoms with Gasteiger partial charge in [0.2, 0.25) is 5.91 Å². The third-order valence-corrected chi connectivity index (χ3v) is 6.33. The standard InChI is InChI=1S/C25H32N2O2/c1-3-4-13-27(23-8-6-5-7-9-23)25(28)18-26-17-22(15-19(26)2)20-10-11-24-21(16-20)12-14-29-24/h5-11,16,19,22H,3-4,12-15,17-18H2,1-2H3/t19-,22+/m0/s1. The fourth-order valence-electron chi connectivity index (χ4n) is 4.60. The van der Waals surface area contributed by atoms with Crippen LogP contribution in [0, 0.1) is 0 Å². The van der Waals surface area contributed by atoms with Crippen LogP contribution in [0.15, 0.2) is 48.5 Å². The monoisotopic (exact) mass is 392 g/mol. The van der Waals surface area contributed by atoms with Crippen molar-refractivity contribution >= 4 is 11.6 Å². The fraction of sp³-hybridized carbons (Fsp3) is 0.480. The van der Waals surface area contributed by atoms with E-state index in [1.54, 1.807) is 0 Å². The molecule has 2 aromatic carbocycles. The SMILES string of the molecule is CCCCN(C(=O)CN1C[C@H](c2ccc3c(c2)CCO3)C[C@@H]1C)c1ccccc1. The van der Waals surface area contributed by atoms with Gasteiger partial charge in [0.1, 0.15) is 5.75 Å². The van der Waals surface area contributed by atoms with E-state index in [-0.39, 0.29) is 5.91 Å². The average Bonchev–Trinajstić information content (AvgIpc) is 3.35. The molecule has 2 aliphatic heterocycles. The molecule has 0 radical (unpaired) electrons. The Morgan fingerprint density at radius 2 is 2.03 bits per heavy atom. The van der Waals surface area contributed by atoms with Gasteiger partial charge in [0.15, 0.2) is 0 Å². The first-order valence-corrected chi connectivity index (χ1v) is 11.0. The smallest absolute Gasteiger partial charge is 0.241 e. The van der Waals surface area contributed by atoms with Gasteiger partial charge in [0, 0.05) is 31.2 Å². The molecule has 4 nitrogen and oxygen atoms in total. The Morgan fingerprint density at radius 1 is 1.21 bits per heavy atom. The predicted octanol–water partition coefficient (Wildman–Crippen LogP) is 4.63. The van der Waals surface area contributed by atoms with E-state index in [2.05, 4.69) is 36.9 Å². The number of amides is 1. The molecule has 1 amide bonds. The van der Waals surface area contributed by atoms with E-state index < -0.39 is 0 Å². The molecule has 1 fully saturated rings. The maximum absolute atomic E-state index is 13.2. The minimum absolute atomic E-state index is 0.208. The molecule has 2 heterocycles. The molecule has 0 bridgehead atoms. The minimum Gasteiger partial charge on any atom is -0.493 e. The maximum atomic E-state index is 13.2. The van der Waals surface area contributed by atoms with Crippen LogP contribution in [-0.4, -0.2) is 43.1 Å². The number of rotatable bonds is 7. The summed E-state index contributed by atoms with van der Waals surface area (Å²) in [5.74, 6) is 1.74. The van der Waals surface area contributed by atoms with Crippen LogP contribution in [0.25, 0.3) is 0 Å². The van der Waals surface area contributed by atoms with E-state index in [0.717, 1.165) is 56.8 Å². The van der Waals surface area contributed by atoms with E-state index in [0.29, 0.717) is 18.5 Å². The highest BCUT2D eigenvalue weighted by Gasteiger charge is 2.32. The first-order chi connectivity index (χ1) is 14.2. The van der Waals surface area contributed by atoms with Crippen LogP contribution in [-0.2, 0) is 11.2 Å². The number of anilines is 1. The van der Waals surface area contributed by atoms with Crippen molar-refractivity contribution in [3.8, 4) is 5.75 Å². The molecule has 0 unspecified atom stereocenters. The Morgan fingerprint density at radius 3 is 2.83 bits per heavy atom. The number of hydrogen-bond donors (Lipinski definition) is 0. The first kappa shape index (κ1) is 20.0. The van der Waals surface area contributed by atoms with E-state index in [4.69, 9.17) is 4.74 Å². The van der Waals surface area contributed by atoms with Gasteiger partial charge in [0.25, 0.3) is 0 Å². The van der Waals surface area contributed by atoms with Crippen molar-refractivity contribution < 1.29 is 9.53 Å². The molecular weight excluding hydrogens is 360 g/mol. The van der Waals surface area contributed by atoms with Crippen molar-refractivity contribution in [3.63, 3.8) is 0 Å². The molecule has 29 heavy (non-hydrogen) atoms. The number of nitrogens with zero attached hydrogens (tertiary/aromatic N) is 2. The Bertz CT molecular complexity index is 836. The number of benzene rings is 2. The number of carbonyl (C=O) groups excluding carboxylic acids is 1. The van der Waals surface area contributed by atoms with Gasteiger partial charge in [0.05, 0.1) is 13.2 Å². The summed E-state index contributed by atoms with van der Waals surface area (Å²) in [4.78, 5) is 17.5. The van der Waals surface area contributed by atoms with Gasteiger partial charge in [-0.3, -0.25) is 9.69 Å². The van der Waals surface area contributed by atoms with Gasteiger partial charge < -0.3 is 9.64 Å². The third kappa shape index (κ3) is 4.48. The normalized spacial score (nSPS) is 21.0. The molecule has 0 aliphatic carbocycles. The molecule has 0 aromatic heterocycles. The van der Waals surface area contributed by atoms with Gasteiger partial charge >= 0.3 is 0 Å². The van der Waals surface area contributed by atoms with Crippen molar-refractivity contribution in [2.24, 2.45) is 0 Å². The lowest BCUT2D eigenvalue weighted by Gasteiger charge is -2.27. The highest BCUT2D eigenvalue weighted by molar-refractivity contribution is 5.94. The fourth-order valence-corrected chi connectivity index (χ4v) is 4.60. The van der Waals surface area contributed by atoms with E-state index >= 15 is 0 Å². The molecule has 2 aliphatic rings. The Balaban J connectivity index is 1.43. The van der Waals surface area contributed by atoms with Crippen molar-refractivity contribution in [1.82, 2.24) is 4.90 Å². The molecule has 1 saturated heterocycles. The predicted molar refractivity (Wildman–Crippen MR) is 118 cm³/mol. The number of fused-ring (bicyclic) bond motifs is 1. The highest BCUT2D eigenvalue weighted by Crippen LogP contribution is 2.35. The Hall–Kier alpha value is -2.33. The van der Waals surface area contributed by atoms with Crippen LogP contribution >= 0.6 is 0 Å². The van der Waals surface area contributed by atoms with Crippen molar-refractivity contribution in [1.29, 1.82) is 0 Å². The number of hydrogen-bond acceptors (Lipinski definition) is 3. The average molecular weight is 393 g/mol. The molecule has 4 rings (SSSR count). The molecule has 4 heteroatoms. The largest absolute Gasteiger partial charge is 0.493 e. The summed E-state index contributed by atoms with van der Waals surface area (Å²) in [6, 6.07) is 17.2. The third-order valence-electron chi connectivity index (χ3n) is 6.33. The Labute approximate surface area is 174 Å². The van der Waals surface area contributed by atoms with Gasteiger partial charge in [-0.05, 0) is 55.0 Å². The second-order valence-corrected chi connectivity index (χ2v) is 8.41. The minimum atomic E-state index is 0.208. The highest BCUT2D eigenvalue weighted by atomic mass is 16.5. The molecular formula is C25H32N2O2. The quantitative estimate of drug-likeness (QED) is 0.689. The van der Waals surface area contributed by atoms with Gasteiger partial charge in [-0.2, -0.15) is 0 Å². The zero-order valence-electron chi connectivity index (χ0n) is 17.6. The molecule has 0 spiro atoms. The topological polar surface area (TPSA) is 32.8 Å². The summed E-state index contributed by atoms with van der Waals surface area (Å²) in [7, 11) is 0. The summed E-state index contributed by atoms with van der Waals surface area (Å²) < 4.78 is 5.65. The van der Waals surface area contributed by atoms with Crippen LogP contribution < -0.4 is 9.64 Å². The summed E-state index contributed by atoms with van der Waals surface area (Å²) in [6.45, 7) is 7.45. The molecule has 0 N–H and O–H groups in total. The maximum Gasteiger partial charge on any atom is 0.241 e. The second-order valence-electron chi connectivity index (χ2n) is 8.41. The van der Waals surface area contributed by atoms with Gasteiger partial charge in [-0.1, -0.05) is 43.7 Å². The van der Waals surface area contributed by atoms with Gasteiger partial charge in [-0.15, -0.1) is 0 Å². The zero-order chi connectivity index (χ0) is 20.2. The number of unbranched alkanes of at least 4 members (excludes halogenated alkanes) is 1. The first-order valence-electron chi connectivity index (χ1n) is 11.0. The summed E-state index contributed by atoms with van der Waals surface area (Å²) in [5.41, 5.74) is 3.73. The summed E-state index contributed by atoms with van der Waals surface area (Å²) >= 11 is 0. The molecule has 2 aromatic rings. The summed E-state index contributed by atoms with van der Waals surface area (Å²) in [5, 5.41) is 0. The Kier molecular flexibility index (Phi) is 6.19.